The van der Waals surface area contributed by atoms with Crippen molar-refractivity contribution in [3.05, 3.63) is 56.8 Å². The highest BCUT2D eigenvalue weighted by molar-refractivity contribution is 7.12. The van der Waals surface area contributed by atoms with Crippen molar-refractivity contribution in [2.45, 2.75) is 39.5 Å². The molecule has 1 nitrogen and oxygen atoms in total. The fourth-order valence-electron chi connectivity index (χ4n) is 2.07. The van der Waals surface area contributed by atoms with Crippen molar-refractivity contribution in [2.75, 3.05) is 0 Å². The Hall–Kier alpha value is -1.33. The molecule has 5 heteroatoms. The van der Waals surface area contributed by atoms with Crippen LogP contribution in [-0.2, 0) is 12.7 Å². The van der Waals surface area contributed by atoms with E-state index in [1.54, 1.807) is 11.3 Å². The summed E-state index contributed by atoms with van der Waals surface area (Å²) in [6, 6.07) is 7.48. The molecule has 2 rings (SSSR count). The smallest absolute Gasteiger partial charge is 0.305 e. The number of rotatable bonds is 4. The van der Waals surface area contributed by atoms with Crippen LogP contribution in [0.3, 0.4) is 0 Å². The third-order valence-corrected chi connectivity index (χ3v) is 4.69. The summed E-state index contributed by atoms with van der Waals surface area (Å²) in [6.45, 7) is 6.84. The van der Waals surface area contributed by atoms with Crippen LogP contribution < -0.4 is 5.32 Å². The van der Waals surface area contributed by atoms with E-state index in [0.29, 0.717) is 0 Å². The van der Waals surface area contributed by atoms with Gasteiger partial charge in [-0.1, -0.05) is 12.1 Å². The first kappa shape index (κ1) is 16.0. The molecule has 0 saturated heterocycles. The van der Waals surface area contributed by atoms with Gasteiger partial charge in [-0.15, -0.1) is 11.3 Å². The summed E-state index contributed by atoms with van der Waals surface area (Å²) >= 11 is 1.75. The van der Waals surface area contributed by atoms with E-state index in [0.717, 1.165) is 24.2 Å². The predicted molar refractivity (Wildman–Crippen MR) is 80.5 cm³/mol. The van der Waals surface area contributed by atoms with E-state index in [2.05, 4.69) is 25.2 Å². The molecule has 0 saturated carbocycles. The summed E-state index contributed by atoms with van der Waals surface area (Å²) in [7, 11) is 0. The van der Waals surface area contributed by atoms with Crippen molar-refractivity contribution in [1.29, 1.82) is 0 Å². The van der Waals surface area contributed by atoms with Gasteiger partial charge in [0, 0.05) is 22.3 Å². The molecule has 1 aromatic heterocycles. The Morgan fingerprint density at radius 1 is 1.14 bits per heavy atom. The number of aryl methyl sites for hydroxylation is 2. The number of alkyl halides is 3. The maximum atomic E-state index is 12.5. The number of thiophene rings is 1. The van der Waals surface area contributed by atoms with E-state index in [1.165, 1.54) is 27.5 Å². The Balaban J connectivity index is 1.98. The lowest BCUT2D eigenvalue weighted by atomic mass is 10.1. The fourth-order valence-corrected chi connectivity index (χ4v) is 3.07. The van der Waals surface area contributed by atoms with Gasteiger partial charge in [0.2, 0.25) is 0 Å². The zero-order valence-corrected chi connectivity index (χ0v) is 13.0. The number of hydrogen-bond donors (Lipinski definition) is 1. The standard InChI is InChI=1S/C16H18F3NS/c1-10-8-15(21-12(10)3)9-20-11(2)13-4-6-14(7-5-13)16(17,18)19/h4-8,11,20H,9H2,1-3H3. The van der Waals surface area contributed by atoms with E-state index >= 15 is 0 Å². The average molecular weight is 313 g/mol. The van der Waals surface area contributed by atoms with Crippen LogP contribution in [0.5, 0.6) is 0 Å². The minimum absolute atomic E-state index is 0.00926. The van der Waals surface area contributed by atoms with E-state index in [4.69, 9.17) is 0 Å². The zero-order chi connectivity index (χ0) is 15.6. The van der Waals surface area contributed by atoms with Gasteiger partial charge in [0.15, 0.2) is 0 Å². The van der Waals surface area contributed by atoms with Crippen LogP contribution in [-0.4, -0.2) is 0 Å². The van der Waals surface area contributed by atoms with E-state index in [1.807, 2.05) is 6.92 Å². The molecule has 114 valence electrons. The SMILES string of the molecule is Cc1cc(CNC(C)c2ccc(C(F)(F)F)cc2)sc1C. The molecule has 0 spiro atoms. The van der Waals surface area contributed by atoms with Gasteiger partial charge in [-0.25, -0.2) is 0 Å². The summed E-state index contributed by atoms with van der Waals surface area (Å²) in [6.07, 6.45) is -4.28. The van der Waals surface area contributed by atoms with Crippen molar-refractivity contribution in [3.8, 4) is 0 Å². The second-order valence-electron chi connectivity index (χ2n) is 5.17. The summed E-state index contributed by atoms with van der Waals surface area (Å²) in [5.41, 5.74) is 1.52. The molecule has 21 heavy (non-hydrogen) atoms. The largest absolute Gasteiger partial charge is 0.416 e. The number of benzene rings is 1. The van der Waals surface area contributed by atoms with E-state index in [-0.39, 0.29) is 6.04 Å². The lowest BCUT2D eigenvalue weighted by Gasteiger charge is -2.15. The van der Waals surface area contributed by atoms with Gasteiger partial charge in [0.25, 0.3) is 0 Å². The third-order valence-electron chi connectivity index (χ3n) is 3.54. The topological polar surface area (TPSA) is 12.0 Å². The predicted octanol–water partition coefficient (Wildman–Crippen LogP) is 5.23. The minimum atomic E-state index is -4.28. The summed E-state index contributed by atoms with van der Waals surface area (Å²) in [5.74, 6) is 0. The maximum Gasteiger partial charge on any atom is 0.416 e. The highest BCUT2D eigenvalue weighted by atomic mass is 32.1. The molecule has 0 bridgehead atoms. The van der Waals surface area contributed by atoms with Crippen molar-refractivity contribution < 1.29 is 13.2 Å². The summed E-state index contributed by atoms with van der Waals surface area (Å²) in [4.78, 5) is 2.54. The number of halogens is 3. The highest BCUT2D eigenvalue weighted by Gasteiger charge is 2.30. The van der Waals surface area contributed by atoms with Crippen molar-refractivity contribution in [1.82, 2.24) is 5.32 Å². The first-order valence-corrected chi connectivity index (χ1v) is 7.55. The normalized spacial score (nSPS) is 13.4. The van der Waals surface area contributed by atoms with E-state index in [9.17, 15) is 13.2 Å². The maximum absolute atomic E-state index is 12.5. The van der Waals surface area contributed by atoms with E-state index < -0.39 is 11.7 Å². The fraction of sp³-hybridized carbons (Fsp3) is 0.375. The van der Waals surface area contributed by atoms with Gasteiger partial charge in [-0.2, -0.15) is 13.2 Å². The average Bonchev–Trinajstić information content (AvgIpc) is 2.74. The van der Waals surface area contributed by atoms with Crippen molar-refractivity contribution in [3.63, 3.8) is 0 Å². The Kier molecular flexibility index (Phi) is 4.74. The second-order valence-corrected chi connectivity index (χ2v) is 6.52. The lowest BCUT2D eigenvalue weighted by Crippen LogP contribution is -2.17. The monoisotopic (exact) mass is 313 g/mol. The molecular formula is C16H18F3NS. The molecule has 1 heterocycles. The van der Waals surface area contributed by atoms with Gasteiger partial charge in [-0.3, -0.25) is 0 Å². The Labute approximate surface area is 126 Å². The number of hydrogen-bond acceptors (Lipinski definition) is 2. The van der Waals surface area contributed by atoms with Crippen LogP contribution in [0.2, 0.25) is 0 Å². The van der Waals surface area contributed by atoms with Gasteiger partial charge >= 0.3 is 6.18 Å². The van der Waals surface area contributed by atoms with Gasteiger partial charge in [0.1, 0.15) is 0 Å². The zero-order valence-electron chi connectivity index (χ0n) is 12.2. The van der Waals surface area contributed by atoms with Gasteiger partial charge in [0.05, 0.1) is 5.56 Å². The van der Waals surface area contributed by atoms with Crippen LogP contribution in [0.25, 0.3) is 0 Å². The first-order valence-electron chi connectivity index (χ1n) is 6.74. The van der Waals surface area contributed by atoms with Gasteiger partial charge < -0.3 is 5.32 Å². The Morgan fingerprint density at radius 2 is 1.76 bits per heavy atom. The molecule has 0 amide bonds. The molecule has 0 aliphatic carbocycles. The molecule has 0 aliphatic rings. The van der Waals surface area contributed by atoms with Gasteiger partial charge in [-0.05, 0) is 50.1 Å². The molecule has 1 unspecified atom stereocenters. The van der Waals surface area contributed by atoms with Crippen molar-refractivity contribution in [2.24, 2.45) is 0 Å². The Morgan fingerprint density at radius 3 is 2.24 bits per heavy atom. The molecule has 2 aromatic rings. The molecule has 0 radical (unpaired) electrons. The molecule has 0 aliphatic heterocycles. The van der Waals surface area contributed by atoms with Crippen LogP contribution in [0, 0.1) is 13.8 Å². The summed E-state index contributed by atoms with van der Waals surface area (Å²) in [5, 5.41) is 3.34. The van der Waals surface area contributed by atoms with Crippen LogP contribution in [0.15, 0.2) is 30.3 Å². The lowest BCUT2D eigenvalue weighted by molar-refractivity contribution is -0.137. The highest BCUT2D eigenvalue weighted by Crippen LogP contribution is 2.30. The number of nitrogens with one attached hydrogen (secondary N) is 1. The van der Waals surface area contributed by atoms with Crippen LogP contribution in [0.4, 0.5) is 13.2 Å². The molecule has 1 N–H and O–H groups in total. The minimum Gasteiger partial charge on any atom is -0.305 e. The summed E-state index contributed by atoms with van der Waals surface area (Å²) < 4.78 is 37.5. The quantitative estimate of drug-likeness (QED) is 0.814. The van der Waals surface area contributed by atoms with Crippen molar-refractivity contribution >= 4 is 11.3 Å². The molecular weight excluding hydrogens is 295 g/mol. The molecule has 1 atom stereocenters. The first-order chi connectivity index (χ1) is 9.77. The second kappa shape index (κ2) is 6.20. The van der Waals surface area contributed by atoms with Crippen LogP contribution >= 0.6 is 11.3 Å². The van der Waals surface area contributed by atoms with Crippen LogP contribution in [0.1, 0.15) is 39.4 Å². The molecule has 0 fully saturated rings. The Bertz CT molecular complexity index is 579. The molecule has 1 aromatic carbocycles. The third kappa shape index (κ3) is 4.08.